The minimum absolute atomic E-state index is 0.0126. The van der Waals surface area contributed by atoms with Crippen LogP contribution >= 0.6 is 0 Å². The van der Waals surface area contributed by atoms with Crippen LogP contribution in [0, 0.1) is 12.8 Å². The minimum atomic E-state index is 0.0126. The highest BCUT2D eigenvalue weighted by Gasteiger charge is 2.26. The van der Waals surface area contributed by atoms with Gasteiger partial charge in [-0.25, -0.2) is 9.97 Å². The minimum Gasteiger partial charge on any atom is -0.355 e. The Hall–Kier alpha value is -2.43. The van der Waals surface area contributed by atoms with Gasteiger partial charge < -0.3 is 10.2 Å². The van der Waals surface area contributed by atoms with E-state index in [1.54, 1.807) is 6.20 Å². The van der Waals surface area contributed by atoms with Crippen LogP contribution in [0.4, 0.5) is 5.95 Å². The van der Waals surface area contributed by atoms with Crippen LogP contribution in [-0.4, -0.2) is 35.5 Å². The van der Waals surface area contributed by atoms with Crippen molar-refractivity contribution >= 4 is 11.9 Å². The van der Waals surface area contributed by atoms with Crippen LogP contribution in [0.1, 0.15) is 24.1 Å². The summed E-state index contributed by atoms with van der Waals surface area (Å²) in [4.78, 5) is 23.4. The van der Waals surface area contributed by atoms with Crippen molar-refractivity contribution < 1.29 is 4.79 Å². The Kier molecular flexibility index (Phi) is 5.41. The van der Waals surface area contributed by atoms with Gasteiger partial charge in [0.1, 0.15) is 0 Å². The van der Waals surface area contributed by atoms with E-state index in [9.17, 15) is 4.79 Å². The summed E-state index contributed by atoms with van der Waals surface area (Å²) in [5.74, 6) is 0.888. The molecule has 0 bridgehead atoms. The topological polar surface area (TPSA) is 58.1 Å². The zero-order chi connectivity index (χ0) is 16.8. The summed E-state index contributed by atoms with van der Waals surface area (Å²) in [5.41, 5.74) is 2.20. The summed E-state index contributed by atoms with van der Waals surface area (Å²) in [5, 5.41) is 3.08. The molecule has 1 saturated heterocycles. The first-order valence-electron chi connectivity index (χ1n) is 8.58. The molecule has 0 spiro atoms. The number of nitrogens with zero attached hydrogens (tertiary/aromatic N) is 3. The van der Waals surface area contributed by atoms with E-state index in [2.05, 4.69) is 32.3 Å². The van der Waals surface area contributed by atoms with Gasteiger partial charge in [0.25, 0.3) is 0 Å². The average molecular weight is 324 g/mol. The molecule has 0 unspecified atom stereocenters. The first kappa shape index (κ1) is 16.4. The highest BCUT2D eigenvalue weighted by atomic mass is 16.1. The molecule has 5 heteroatoms. The van der Waals surface area contributed by atoms with E-state index < -0.39 is 0 Å². The van der Waals surface area contributed by atoms with Crippen molar-refractivity contribution in [3.63, 3.8) is 0 Å². The quantitative estimate of drug-likeness (QED) is 0.917. The van der Waals surface area contributed by atoms with E-state index in [1.807, 2.05) is 31.2 Å². The van der Waals surface area contributed by atoms with Gasteiger partial charge in [0.05, 0.1) is 5.92 Å². The predicted octanol–water partition coefficient (Wildman–Crippen LogP) is 2.36. The molecular formula is C19H24N4O. The molecule has 1 aliphatic heterocycles. The van der Waals surface area contributed by atoms with Crippen LogP contribution in [0.3, 0.4) is 0 Å². The molecule has 1 amide bonds. The van der Waals surface area contributed by atoms with Gasteiger partial charge in [0, 0.05) is 31.5 Å². The first-order valence-corrected chi connectivity index (χ1v) is 8.58. The summed E-state index contributed by atoms with van der Waals surface area (Å²) in [6.07, 6.45) is 4.57. The van der Waals surface area contributed by atoms with Gasteiger partial charge in [-0.2, -0.15) is 0 Å². The van der Waals surface area contributed by atoms with Crippen molar-refractivity contribution in [3.05, 3.63) is 53.9 Å². The molecule has 24 heavy (non-hydrogen) atoms. The fourth-order valence-electron chi connectivity index (χ4n) is 3.08. The number of carbonyl (C=O) groups excluding carboxylic acids is 1. The molecule has 5 nitrogen and oxygen atoms in total. The molecule has 1 aromatic heterocycles. The van der Waals surface area contributed by atoms with Gasteiger partial charge in [0.2, 0.25) is 11.9 Å². The van der Waals surface area contributed by atoms with Crippen LogP contribution in [-0.2, 0) is 11.2 Å². The van der Waals surface area contributed by atoms with Crippen LogP contribution in [0.5, 0.6) is 0 Å². The highest BCUT2D eigenvalue weighted by molar-refractivity contribution is 5.79. The lowest BCUT2D eigenvalue weighted by Gasteiger charge is -2.32. The van der Waals surface area contributed by atoms with Crippen molar-refractivity contribution in [1.82, 2.24) is 15.3 Å². The standard InChI is InChI=1S/C19H24N4O/c1-15-9-11-21-19(22-15)23-13-5-8-17(14-23)18(24)20-12-10-16-6-3-2-4-7-16/h2-4,6-7,9,11,17H,5,8,10,12-14H2,1H3,(H,20,24)/t17-/m0/s1. The number of aryl methyl sites for hydroxylation is 1. The molecule has 1 aromatic carbocycles. The maximum Gasteiger partial charge on any atom is 0.225 e. The normalized spacial score (nSPS) is 17.5. The zero-order valence-corrected chi connectivity index (χ0v) is 14.1. The molecule has 2 aromatic rings. The second kappa shape index (κ2) is 7.90. The lowest BCUT2D eigenvalue weighted by Crippen LogP contribution is -2.44. The molecule has 126 valence electrons. The summed E-state index contributed by atoms with van der Waals surface area (Å²) in [6.45, 7) is 4.25. The van der Waals surface area contributed by atoms with Crippen LogP contribution in [0.2, 0.25) is 0 Å². The fraction of sp³-hybridized carbons (Fsp3) is 0.421. The van der Waals surface area contributed by atoms with E-state index in [4.69, 9.17) is 0 Å². The number of nitrogens with one attached hydrogen (secondary N) is 1. The van der Waals surface area contributed by atoms with Crippen molar-refractivity contribution in [1.29, 1.82) is 0 Å². The number of amides is 1. The summed E-state index contributed by atoms with van der Waals surface area (Å²) in [6, 6.07) is 12.1. The number of aromatic nitrogens is 2. The third-order valence-corrected chi connectivity index (χ3v) is 4.41. The van der Waals surface area contributed by atoms with E-state index >= 15 is 0 Å². The van der Waals surface area contributed by atoms with E-state index in [1.165, 1.54) is 5.56 Å². The Morgan fingerprint density at radius 1 is 1.29 bits per heavy atom. The van der Waals surface area contributed by atoms with Gasteiger partial charge in [-0.1, -0.05) is 30.3 Å². The molecule has 2 heterocycles. The number of benzene rings is 1. The maximum absolute atomic E-state index is 12.5. The first-order chi connectivity index (χ1) is 11.7. The summed E-state index contributed by atoms with van der Waals surface area (Å²) < 4.78 is 0. The largest absolute Gasteiger partial charge is 0.355 e. The van der Waals surface area contributed by atoms with Crippen LogP contribution in [0.25, 0.3) is 0 Å². The lowest BCUT2D eigenvalue weighted by atomic mass is 9.97. The Labute approximate surface area is 143 Å². The smallest absolute Gasteiger partial charge is 0.225 e. The van der Waals surface area contributed by atoms with Crippen LogP contribution in [0.15, 0.2) is 42.6 Å². The summed E-state index contributed by atoms with van der Waals surface area (Å²) >= 11 is 0. The molecule has 1 N–H and O–H groups in total. The molecule has 1 atom stereocenters. The number of rotatable bonds is 5. The maximum atomic E-state index is 12.5. The van der Waals surface area contributed by atoms with E-state index in [0.29, 0.717) is 13.1 Å². The molecule has 1 aliphatic rings. The van der Waals surface area contributed by atoms with Crippen molar-refractivity contribution in [2.45, 2.75) is 26.2 Å². The fourth-order valence-corrected chi connectivity index (χ4v) is 3.08. The summed E-state index contributed by atoms with van der Waals surface area (Å²) in [7, 11) is 0. The molecule has 0 radical (unpaired) electrons. The van der Waals surface area contributed by atoms with Crippen molar-refractivity contribution in [2.24, 2.45) is 5.92 Å². The Bertz CT molecular complexity index is 674. The second-order valence-electron chi connectivity index (χ2n) is 6.31. The number of anilines is 1. The Morgan fingerprint density at radius 2 is 2.12 bits per heavy atom. The van der Waals surface area contributed by atoms with Gasteiger partial charge in [-0.3, -0.25) is 4.79 Å². The number of piperidine rings is 1. The third-order valence-electron chi connectivity index (χ3n) is 4.41. The molecule has 0 aliphatic carbocycles. The Balaban J connectivity index is 1.51. The van der Waals surface area contributed by atoms with E-state index in [0.717, 1.165) is 37.4 Å². The number of hydrogen-bond donors (Lipinski definition) is 1. The number of hydrogen-bond acceptors (Lipinski definition) is 4. The second-order valence-corrected chi connectivity index (χ2v) is 6.31. The van der Waals surface area contributed by atoms with Gasteiger partial charge >= 0.3 is 0 Å². The van der Waals surface area contributed by atoms with Gasteiger partial charge in [-0.15, -0.1) is 0 Å². The van der Waals surface area contributed by atoms with Crippen molar-refractivity contribution in [3.8, 4) is 0 Å². The van der Waals surface area contributed by atoms with Crippen LogP contribution < -0.4 is 10.2 Å². The highest BCUT2D eigenvalue weighted by Crippen LogP contribution is 2.20. The lowest BCUT2D eigenvalue weighted by molar-refractivity contribution is -0.125. The SMILES string of the molecule is Cc1ccnc(N2CCC[C@H](C(=O)NCCc3ccccc3)C2)n1. The third kappa shape index (κ3) is 4.31. The van der Waals surface area contributed by atoms with Crippen molar-refractivity contribution in [2.75, 3.05) is 24.5 Å². The monoisotopic (exact) mass is 324 g/mol. The molecule has 1 fully saturated rings. The molecule has 3 rings (SSSR count). The van der Waals surface area contributed by atoms with E-state index in [-0.39, 0.29) is 11.8 Å². The average Bonchev–Trinajstić information content (AvgIpc) is 2.63. The predicted molar refractivity (Wildman–Crippen MR) is 94.9 cm³/mol. The zero-order valence-electron chi connectivity index (χ0n) is 14.1. The van der Waals surface area contributed by atoms with Gasteiger partial charge in [0.15, 0.2) is 0 Å². The number of carbonyl (C=O) groups is 1. The molecular weight excluding hydrogens is 300 g/mol. The van der Waals surface area contributed by atoms with Gasteiger partial charge in [-0.05, 0) is 37.8 Å². The molecule has 0 saturated carbocycles. The Morgan fingerprint density at radius 3 is 2.92 bits per heavy atom.